The molecule has 0 atom stereocenters. The number of benzene rings is 3. The SMILES string of the molecule is CCOC(=O)N(c1cccc(F)c1F)c1c(C)noc1-c1ccc(-c2ccc(CC(=O)O)cc2)cc1. The van der Waals surface area contributed by atoms with E-state index in [0.717, 1.165) is 22.1 Å². The van der Waals surface area contributed by atoms with E-state index in [1.807, 2.05) is 24.3 Å². The van der Waals surface area contributed by atoms with E-state index in [2.05, 4.69) is 5.16 Å². The third kappa shape index (κ3) is 4.95. The van der Waals surface area contributed by atoms with Crippen molar-refractivity contribution in [3.63, 3.8) is 0 Å². The highest BCUT2D eigenvalue weighted by molar-refractivity contribution is 6.00. The maximum Gasteiger partial charge on any atom is 0.419 e. The van der Waals surface area contributed by atoms with Crippen molar-refractivity contribution in [1.29, 1.82) is 0 Å². The molecule has 0 spiro atoms. The van der Waals surface area contributed by atoms with Crippen LogP contribution in [-0.4, -0.2) is 28.9 Å². The van der Waals surface area contributed by atoms with Crippen LogP contribution in [0, 0.1) is 18.6 Å². The number of ether oxygens (including phenoxy) is 1. The Kier molecular flexibility index (Phi) is 7.10. The van der Waals surface area contributed by atoms with Crippen LogP contribution in [0.3, 0.4) is 0 Å². The number of hydrogen-bond donors (Lipinski definition) is 1. The van der Waals surface area contributed by atoms with Crippen molar-refractivity contribution in [2.24, 2.45) is 0 Å². The van der Waals surface area contributed by atoms with Crippen LogP contribution in [0.15, 0.2) is 71.3 Å². The molecular weight excluding hydrogens is 470 g/mol. The van der Waals surface area contributed by atoms with E-state index in [4.69, 9.17) is 14.4 Å². The van der Waals surface area contributed by atoms with E-state index in [-0.39, 0.29) is 35.9 Å². The molecule has 36 heavy (non-hydrogen) atoms. The van der Waals surface area contributed by atoms with Gasteiger partial charge < -0.3 is 14.4 Å². The third-order valence-corrected chi connectivity index (χ3v) is 5.47. The quantitative estimate of drug-likeness (QED) is 0.316. The number of nitrogens with zero attached hydrogens (tertiary/aromatic N) is 2. The summed E-state index contributed by atoms with van der Waals surface area (Å²) < 4.78 is 39.4. The lowest BCUT2D eigenvalue weighted by Crippen LogP contribution is -2.28. The van der Waals surface area contributed by atoms with Crippen LogP contribution in [0.25, 0.3) is 22.5 Å². The van der Waals surface area contributed by atoms with Gasteiger partial charge in [-0.1, -0.05) is 59.8 Å². The van der Waals surface area contributed by atoms with Crippen molar-refractivity contribution >= 4 is 23.4 Å². The first-order chi connectivity index (χ1) is 17.3. The smallest absolute Gasteiger partial charge is 0.419 e. The molecule has 4 rings (SSSR count). The molecule has 0 saturated carbocycles. The number of carbonyl (C=O) groups excluding carboxylic acids is 1. The van der Waals surface area contributed by atoms with Crippen molar-refractivity contribution in [1.82, 2.24) is 5.16 Å². The van der Waals surface area contributed by atoms with Crippen molar-refractivity contribution in [3.05, 3.63) is 89.6 Å². The summed E-state index contributed by atoms with van der Waals surface area (Å²) in [7, 11) is 0. The number of aromatic nitrogens is 1. The van der Waals surface area contributed by atoms with E-state index in [0.29, 0.717) is 11.1 Å². The van der Waals surface area contributed by atoms with Gasteiger partial charge in [-0.15, -0.1) is 0 Å². The van der Waals surface area contributed by atoms with Gasteiger partial charge in [0, 0.05) is 5.56 Å². The molecule has 0 bridgehead atoms. The van der Waals surface area contributed by atoms with Crippen molar-refractivity contribution < 1.29 is 32.7 Å². The molecule has 3 aromatic carbocycles. The molecule has 9 heteroatoms. The molecule has 0 fully saturated rings. The second kappa shape index (κ2) is 10.4. The van der Waals surface area contributed by atoms with Crippen molar-refractivity contribution in [2.75, 3.05) is 11.5 Å². The fraction of sp³-hybridized carbons (Fsp3) is 0.148. The van der Waals surface area contributed by atoms with Crippen LogP contribution in [0.2, 0.25) is 0 Å². The van der Waals surface area contributed by atoms with E-state index in [1.165, 1.54) is 12.1 Å². The highest BCUT2D eigenvalue weighted by atomic mass is 19.2. The molecule has 1 heterocycles. The standard InChI is InChI=1S/C27H22F2N2O5/c1-3-35-27(34)31(22-6-4-5-21(28)24(22)29)25-16(2)30-36-26(25)20-13-11-19(12-14-20)18-9-7-17(8-10-18)15-23(32)33/h4-14H,3,15H2,1-2H3,(H,32,33). The lowest BCUT2D eigenvalue weighted by molar-refractivity contribution is -0.136. The number of amides is 1. The van der Waals surface area contributed by atoms with E-state index >= 15 is 0 Å². The van der Waals surface area contributed by atoms with Gasteiger partial charge in [0.05, 0.1) is 18.7 Å². The molecule has 4 aromatic rings. The number of aliphatic carboxylic acids is 1. The number of hydrogen-bond acceptors (Lipinski definition) is 5. The van der Waals surface area contributed by atoms with Gasteiger partial charge in [0.15, 0.2) is 17.4 Å². The number of carboxylic acids is 1. The molecule has 0 aliphatic heterocycles. The summed E-state index contributed by atoms with van der Waals surface area (Å²) in [5.74, 6) is -3.05. The zero-order valence-corrected chi connectivity index (χ0v) is 19.5. The summed E-state index contributed by atoms with van der Waals surface area (Å²) >= 11 is 0. The molecule has 7 nitrogen and oxygen atoms in total. The maximum atomic E-state index is 14.7. The average molecular weight is 492 g/mol. The monoisotopic (exact) mass is 492 g/mol. The lowest BCUT2D eigenvalue weighted by atomic mass is 10.0. The second-order valence-corrected chi connectivity index (χ2v) is 7.90. The maximum absolute atomic E-state index is 14.7. The number of rotatable bonds is 7. The van der Waals surface area contributed by atoms with Crippen molar-refractivity contribution in [2.45, 2.75) is 20.3 Å². The van der Waals surface area contributed by atoms with Gasteiger partial charge in [-0.3, -0.25) is 4.79 Å². The minimum atomic E-state index is -1.21. The predicted octanol–water partition coefficient (Wildman–Crippen LogP) is 6.52. The van der Waals surface area contributed by atoms with Gasteiger partial charge in [-0.25, -0.2) is 18.5 Å². The summed E-state index contributed by atoms with van der Waals surface area (Å²) in [6.07, 6.45) is -0.969. The Morgan fingerprint density at radius 1 is 0.972 bits per heavy atom. The Balaban J connectivity index is 1.73. The van der Waals surface area contributed by atoms with Crippen molar-refractivity contribution in [3.8, 4) is 22.5 Å². The normalized spacial score (nSPS) is 10.8. The van der Waals surface area contributed by atoms with Crippen LogP contribution >= 0.6 is 0 Å². The number of carbonyl (C=O) groups is 2. The molecule has 1 aromatic heterocycles. The number of anilines is 2. The van der Waals surface area contributed by atoms with Crippen LogP contribution in [0.4, 0.5) is 25.0 Å². The van der Waals surface area contributed by atoms with Gasteiger partial charge >= 0.3 is 12.1 Å². The number of carboxylic acid groups (broad SMARTS) is 1. The van der Waals surface area contributed by atoms with Crippen LogP contribution in [0.1, 0.15) is 18.2 Å². The minimum absolute atomic E-state index is 0.0197. The Morgan fingerprint density at radius 3 is 2.19 bits per heavy atom. The van der Waals surface area contributed by atoms with Gasteiger partial charge in [-0.2, -0.15) is 0 Å². The number of aryl methyl sites for hydroxylation is 1. The van der Waals surface area contributed by atoms with E-state index in [9.17, 15) is 18.4 Å². The zero-order valence-electron chi connectivity index (χ0n) is 19.5. The van der Waals surface area contributed by atoms with Gasteiger partial charge in [0.25, 0.3) is 0 Å². The largest absolute Gasteiger partial charge is 0.481 e. The Hall–Kier alpha value is -4.53. The predicted molar refractivity (Wildman–Crippen MR) is 129 cm³/mol. The average Bonchev–Trinajstić information content (AvgIpc) is 3.23. The molecule has 0 aliphatic carbocycles. The molecule has 1 N–H and O–H groups in total. The highest BCUT2D eigenvalue weighted by Crippen LogP contribution is 2.40. The summed E-state index contributed by atoms with van der Waals surface area (Å²) in [5, 5.41) is 12.9. The summed E-state index contributed by atoms with van der Waals surface area (Å²) in [5.41, 5.74) is 3.04. The van der Waals surface area contributed by atoms with E-state index < -0.39 is 23.7 Å². The fourth-order valence-corrected chi connectivity index (χ4v) is 3.78. The van der Waals surface area contributed by atoms with Gasteiger partial charge in [0.2, 0.25) is 0 Å². The first kappa shape index (κ1) is 24.6. The molecule has 0 saturated heterocycles. The molecule has 1 amide bonds. The second-order valence-electron chi connectivity index (χ2n) is 7.90. The molecule has 0 radical (unpaired) electrons. The summed E-state index contributed by atoms with van der Waals surface area (Å²) in [6.45, 7) is 3.21. The first-order valence-corrected chi connectivity index (χ1v) is 11.1. The van der Waals surface area contributed by atoms with Gasteiger partial charge in [0.1, 0.15) is 11.4 Å². The fourth-order valence-electron chi connectivity index (χ4n) is 3.78. The van der Waals surface area contributed by atoms with E-state index in [1.54, 1.807) is 38.1 Å². The Bertz CT molecular complexity index is 1400. The zero-order chi connectivity index (χ0) is 25.8. The highest BCUT2D eigenvalue weighted by Gasteiger charge is 2.31. The topological polar surface area (TPSA) is 92.9 Å². The Morgan fingerprint density at radius 2 is 1.58 bits per heavy atom. The molecule has 0 unspecified atom stereocenters. The minimum Gasteiger partial charge on any atom is -0.481 e. The van der Waals surface area contributed by atoms with Gasteiger partial charge in [-0.05, 0) is 42.7 Å². The Labute approximate surface area is 205 Å². The van der Waals surface area contributed by atoms with Crippen LogP contribution in [-0.2, 0) is 16.0 Å². The van der Waals surface area contributed by atoms with Crippen LogP contribution < -0.4 is 4.90 Å². The summed E-state index contributed by atoms with van der Waals surface area (Å²) in [4.78, 5) is 24.7. The molecule has 0 aliphatic rings. The first-order valence-electron chi connectivity index (χ1n) is 11.1. The lowest BCUT2D eigenvalue weighted by Gasteiger charge is -2.22. The molecule has 184 valence electrons. The van der Waals surface area contributed by atoms with Crippen LogP contribution in [0.5, 0.6) is 0 Å². The summed E-state index contributed by atoms with van der Waals surface area (Å²) in [6, 6.07) is 17.8. The number of halogens is 2. The molecular formula is C27H22F2N2O5. The third-order valence-electron chi connectivity index (χ3n) is 5.47.